The molecular weight excluding hydrogens is 400 g/mol. The molecule has 3 unspecified atom stereocenters. The summed E-state index contributed by atoms with van der Waals surface area (Å²) in [6.07, 6.45) is -0.325. The number of halogens is 2. The van der Waals surface area contributed by atoms with Gasteiger partial charge in [-0.25, -0.2) is 13.6 Å². The van der Waals surface area contributed by atoms with Crippen LogP contribution in [0.1, 0.15) is 58.8 Å². The Balaban J connectivity index is 1.89. The molecule has 1 saturated carbocycles. The van der Waals surface area contributed by atoms with E-state index in [4.69, 9.17) is 4.74 Å². The smallest absolute Gasteiger partial charge is 0.408 e. The molecule has 1 aliphatic carbocycles. The number of aldehydes is 1. The monoisotopic (exact) mass is 431 g/mol. The zero-order valence-electron chi connectivity index (χ0n) is 17.4. The van der Waals surface area contributed by atoms with Crippen LogP contribution in [0.3, 0.4) is 0 Å². The Morgan fingerprint density at radius 2 is 1.90 bits per heavy atom. The first-order valence-corrected chi connectivity index (χ1v) is 10.5. The van der Waals surface area contributed by atoms with Gasteiger partial charge >= 0.3 is 6.09 Å². The number of alkyl carbamates (subject to hydrolysis) is 1. The third-order valence-corrected chi connectivity index (χ3v) is 5.45. The topological polar surface area (TPSA) is 114 Å². The predicted octanol–water partition coefficient (Wildman–Crippen LogP) is 1.92. The summed E-state index contributed by atoms with van der Waals surface area (Å²) in [7, 11) is 0. The summed E-state index contributed by atoms with van der Waals surface area (Å²) in [4.78, 5) is 48.0. The molecule has 3 atom stereocenters. The van der Waals surface area contributed by atoms with E-state index in [2.05, 4.69) is 16.0 Å². The zero-order valence-corrected chi connectivity index (χ0v) is 17.4. The summed E-state index contributed by atoms with van der Waals surface area (Å²) in [5, 5.41) is 7.76. The molecule has 3 amide bonds. The van der Waals surface area contributed by atoms with Gasteiger partial charge in [0.05, 0.1) is 6.04 Å². The number of alkyl halides is 2. The van der Waals surface area contributed by atoms with E-state index in [0.29, 0.717) is 25.7 Å². The van der Waals surface area contributed by atoms with Gasteiger partial charge in [0.1, 0.15) is 18.4 Å². The molecule has 30 heavy (non-hydrogen) atoms. The van der Waals surface area contributed by atoms with Crippen molar-refractivity contribution in [2.24, 2.45) is 11.8 Å². The van der Waals surface area contributed by atoms with Gasteiger partial charge in [0.25, 0.3) is 0 Å². The van der Waals surface area contributed by atoms with Crippen LogP contribution in [0.2, 0.25) is 0 Å². The van der Waals surface area contributed by atoms with Crippen molar-refractivity contribution in [1.29, 1.82) is 0 Å². The molecular formula is C20H31F2N3O5. The Hall–Kier alpha value is -2.26. The van der Waals surface area contributed by atoms with Gasteiger partial charge in [-0.15, -0.1) is 0 Å². The van der Waals surface area contributed by atoms with Crippen LogP contribution in [0.5, 0.6) is 0 Å². The van der Waals surface area contributed by atoms with Gasteiger partial charge in [-0.05, 0) is 38.0 Å². The van der Waals surface area contributed by atoms with Crippen molar-refractivity contribution in [2.75, 3.05) is 6.54 Å². The molecule has 0 radical (unpaired) electrons. The summed E-state index contributed by atoms with van der Waals surface area (Å²) in [5.74, 6) is -3.70. The minimum absolute atomic E-state index is 0.0599. The van der Waals surface area contributed by atoms with Crippen LogP contribution in [-0.4, -0.2) is 54.8 Å². The normalized spacial score (nSPS) is 23.4. The Morgan fingerprint density at radius 1 is 1.23 bits per heavy atom. The van der Waals surface area contributed by atoms with Crippen molar-refractivity contribution in [3.8, 4) is 0 Å². The summed E-state index contributed by atoms with van der Waals surface area (Å²) < 4.78 is 31.7. The average molecular weight is 431 g/mol. The highest BCUT2D eigenvalue weighted by Crippen LogP contribution is 2.34. The van der Waals surface area contributed by atoms with Crippen LogP contribution >= 0.6 is 0 Å². The van der Waals surface area contributed by atoms with Gasteiger partial charge in [-0.1, -0.05) is 13.8 Å². The lowest BCUT2D eigenvalue weighted by Crippen LogP contribution is -2.51. The summed E-state index contributed by atoms with van der Waals surface area (Å²) in [6, 6.07) is -1.79. The minimum Gasteiger partial charge on any atom is -0.446 e. The molecule has 0 aromatic heterocycles. The van der Waals surface area contributed by atoms with Crippen molar-refractivity contribution in [3.05, 3.63) is 0 Å². The molecule has 2 rings (SSSR count). The van der Waals surface area contributed by atoms with E-state index in [-0.39, 0.29) is 49.8 Å². The lowest BCUT2D eigenvalue weighted by molar-refractivity contribution is -0.127. The molecule has 0 bridgehead atoms. The number of amides is 3. The summed E-state index contributed by atoms with van der Waals surface area (Å²) in [5.41, 5.74) is 0. The number of hydrogen-bond donors (Lipinski definition) is 3. The van der Waals surface area contributed by atoms with Gasteiger partial charge in [0.15, 0.2) is 0 Å². The third-order valence-electron chi connectivity index (χ3n) is 5.45. The first-order chi connectivity index (χ1) is 14.1. The van der Waals surface area contributed by atoms with Crippen molar-refractivity contribution in [1.82, 2.24) is 16.0 Å². The van der Waals surface area contributed by atoms with Gasteiger partial charge in [0.2, 0.25) is 17.7 Å². The van der Waals surface area contributed by atoms with E-state index in [0.717, 1.165) is 0 Å². The highest BCUT2D eigenvalue weighted by atomic mass is 19.3. The quantitative estimate of drug-likeness (QED) is 0.483. The number of ether oxygens (including phenoxy) is 1. The van der Waals surface area contributed by atoms with E-state index in [1.165, 1.54) is 0 Å². The van der Waals surface area contributed by atoms with Gasteiger partial charge in [0, 0.05) is 25.3 Å². The highest BCUT2D eigenvalue weighted by Gasteiger charge is 2.37. The molecule has 3 N–H and O–H groups in total. The molecule has 1 aliphatic heterocycles. The number of carbonyl (C=O) groups is 4. The molecule has 0 spiro atoms. The van der Waals surface area contributed by atoms with Crippen molar-refractivity contribution in [2.45, 2.75) is 82.9 Å². The molecule has 2 fully saturated rings. The average Bonchev–Trinajstić information content (AvgIpc) is 3.06. The molecule has 0 aromatic rings. The fourth-order valence-corrected chi connectivity index (χ4v) is 3.77. The maximum Gasteiger partial charge on any atom is 0.408 e. The summed E-state index contributed by atoms with van der Waals surface area (Å²) >= 11 is 0. The second-order valence-corrected chi connectivity index (χ2v) is 8.55. The first kappa shape index (κ1) is 24.0. The van der Waals surface area contributed by atoms with E-state index in [1.54, 1.807) is 0 Å². The van der Waals surface area contributed by atoms with Gasteiger partial charge < -0.3 is 25.5 Å². The molecule has 8 nitrogen and oxygen atoms in total. The first-order valence-electron chi connectivity index (χ1n) is 10.5. The van der Waals surface area contributed by atoms with E-state index < -0.39 is 36.1 Å². The van der Waals surface area contributed by atoms with Crippen LogP contribution in [0.15, 0.2) is 0 Å². The van der Waals surface area contributed by atoms with Gasteiger partial charge in [-0.3, -0.25) is 9.59 Å². The molecule has 2 aliphatic rings. The lowest BCUT2D eigenvalue weighted by atomic mass is 9.94. The summed E-state index contributed by atoms with van der Waals surface area (Å²) in [6.45, 7) is 4.28. The molecule has 10 heteroatoms. The lowest BCUT2D eigenvalue weighted by Gasteiger charge is -2.29. The van der Waals surface area contributed by atoms with E-state index in [1.807, 2.05) is 13.8 Å². The van der Waals surface area contributed by atoms with Crippen molar-refractivity contribution >= 4 is 24.2 Å². The van der Waals surface area contributed by atoms with Crippen LogP contribution in [0, 0.1) is 11.8 Å². The fraction of sp³-hybridized carbons (Fsp3) is 0.800. The molecule has 1 heterocycles. The second-order valence-electron chi connectivity index (χ2n) is 8.55. The highest BCUT2D eigenvalue weighted by molar-refractivity contribution is 5.88. The largest absolute Gasteiger partial charge is 0.446 e. The number of nitrogens with one attached hydrogen (secondary N) is 3. The van der Waals surface area contributed by atoms with Crippen LogP contribution in [0.25, 0.3) is 0 Å². The van der Waals surface area contributed by atoms with Crippen LogP contribution in [0.4, 0.5) is 13.6 Å². The Labute approximate surface area is 174 Å². The number of carbonyl (C=O) groups excluding carboxylic acids is 4. The number of hydrogen-bond acceptors (Lipinski definition) is 5. The predicted molar refractivity (Wildman–Crippen MR) is 104 cm³/mol. The van der Waals surface area contributed by atoms with E-state index >= 15 is 0 Å². The zero-order chi connectivity index (χ0) is 22.3. The van der Waals surface area contributed by atoms with Crippen LogP contribution in [-0.2, 0) is 19.1 Å². The molecule has 170 valence electrons. The van der Waals surface area contributed by atoms with E-state index in [9.17, 15) is 28.0 Å². The molecule has 1 saturated heterocycles. The van der Waals surface area contributed by atoms with Gasteiger partial charge in [-0.2, -0.15) is 0 Å². The SMILES string of the molecule is CC(C)CC(NC(=O)OC1CCC(F)(F)CC1)C(=O)NC(C=O)CC1CCNC1=O. The Bertz CT molecular complexity index is 634. The maximum absolute atomic E-state index is 13.2. The molecule has 0 aromatic carbocycles. The fourth-order valence-electron chi connectivity index (χ4n) is 3.77. The second kappa shape index (κ2) is 10.7. The third kappa shape index (κ3) is 7.53. The van der Waals surface area contributed by atoms with Crippen molar-refractivity contribution in [3.63, 3.8) is 0 Å². The van der Waals surface area contributed by atoms with Crippen molar-refractivity contribution < 1.29 is 32.7 Å². The number of rotatable bonds is 9. The standard InChI is InChI=1S/C20H31F2N3O5/c1-12(2)9-16(25-19(29)30-15-3-6-20(21,22)7-4-15)18(28)24-14(11-26)10-13-5-8-23-17(13)27/h11-16H,3-10H2,1-2H3,(H,23,27)(H,24,28)(H,25,29). The Morgan fingerprint density at radius 3 is 2.43 bits per heavy atom. The minimum atomic E-state index is -2.73. The maximum atomic E-state index is 13.2. The Kier molecular flexibility index (Phi) is 8.54. The van der Waals surface area contributed by atoms with Crippen LogP contribution < -0.4 is 16.0 Å².